The Morgan fingerprint density at radius 3 is 2.47 bits per heavy atom. The van der Waals surface area contributed by atoms with E-state index in [1.165, 1.54) is 0 Å². The Balaban J connectivity index is 1.64. The van der Waals surface area contributed by atoms with Gasteiger partial charge in [0.25, 0.3) is 0 Å². The molecule has 2 rings (SSSR count). The third kappa shape index (κ3) is 4.45. The van der Waals surface area contributed by atoms with Crippen molar-refractivity contribution >= 4 is 11.8 Å². The fourth-order valence-corrected chi connectivity index (χ4v) is 2.25. The van der Waals surface area contributed by atoms with Gasteiger partial charge in [-0.3, -0.25) is 14.5 Å². The second kappa shape index (κ2) is 7.42. The van der Waals surface area contributed by atoms with Gasteiger partial charge in [0.2, 0.25) is 0 Å². The van der Waals surface area contributed by atoms with Crippen molar-refractivity contribution in [2.45, 2.75) is 0 Å². The number of nitrogens with one attached hydrogen (secondary N) is 2. The molecule has 0 aromatic rings. The standard InChI is InChI=1S/C12H22N4O3/c17-11(12(18)16-7-9-19-10-8-16)14-3-6-15-4-1-13-2-5-15/h13H,1-10H2,(H,14,17). The van der Waals surface area contributed by atoms with Crippen molar-refractivity contribution in [3.05, 3.63) is 0 Å². The van der Waals surface area contributed by atoms with Crippen molar-refractivity contribution in [2.75, 3.05) is 65.6 Å². The van der Waals surface area contributed by atoms with E-state index >= 15 is 0 Å². The number of morpholine rings is 1. The van der Waals surface area contributed by atoms with E-state index in [0.717, 1.165) is 32.7 Å². The highest BCUT2D eigenvalue weighted by atomic mass is 16.5. The Morgan fingerprint density at radius 1 is 1.11 bits per heavy atom. The van der Waals surface area contributed by atoms with Crippen LogP contribution in [0.15, 0.2) is 0 Å². The van der Waals surface area contributed by atoms with Crippen LogP contribution in [0, 0.1) is 0 Å². The van der Waals surface area contributed by atoms with Gasteiger partial charge in [0, 0.05) is 52.4 Å². The molecule has 2 aliphatic rings. The largest absolute Gasteiger partial charge is 0.378 e. The Bertz CT molecular complexity index is 312. The molecule has 108 valence electrons. The van der Waals surface area contributed by atoms with Gasteiger partial charge in [-0.25, -0.2) is 0 Å². The molecule has 0 unspecified atom stereocenters. The first-order chi connectivity index (χ1) is 9.27. The zero-order valence-corrected chi connectivity index (χ0v) is 11.2. The molecule has 7 heteroatoms. The van der Waals surface area contributed by atoms with Crippen LogP contribution in [0.25, 0.3) is 0 Å². The van der Waals surface area contributed by atoms with Crippen LogP contribution in [0.5, 0.6) is 0 Å². The maximum absolute atomic E-state index is 11.8. The van der Waals surface area contributed by atoms with E-state index in [4.69, 9.17) is 4.74 Å². The SMILES string of the molecule is O=C(NCCN1CCNCC1)C(=O)N1CCOCC1. The molecule has 2 saturated heterocycles. The van der Waals surface area contributed by atoms with Crippen LogP contribution in [0.1, 0.15) is 0 Å². The topological polar surface area (TPSA) is 73.9 Å². The van der Waals surface area contributed by atoms with E-state index in [9.17, 15) is 9.59 Å². The van der Waals surface area contributed by atoms with Crippen LogP contribution < -0.4 is 10.6 Å². The van der Waals surface area contributed by atoms with Gasteiger partial charge in [0.05, 0.1) is 13.2 Å². The van der Waals surface area contributed by atoms with Gasteiger partial charge in [0.1, 0.15) is 0 Å². The second-order valence-electron chi connectivity index (χ2n) is 4.75. The summed E-state index contributed by atoms with van der Waals surface area (Å²) in [5.74, 6) is -0.944. The van der Waals surface area contributed by atoms with Crippen molar-refractivity contribution in [1.29, 1.82) is 0 Å². The van der Waals surface area contributed by atoms with Crippen molar-refractivity contribution in [3.8, 4) is 0 Å². The summed E-state index contributed by atoms with van der Waals surface area (Å²) in [6, 6.07) is 0. The summed E-state index contributed by atoms with van der Waals surface area (Å²) in [7, 11) is 0. The predicted octanol–water partition coefficient (Wildman–Crippen LogP) is -2.13. The molecule has 0 aromatic carbocycles. The summed E-state index contributed by atoms with van der Waals surface area (Å²) in [5, 5.41) is 5.97. The van der Waals surface area contributed by atoms with Crippen LogP contribution >= 0.6 is 0 Å². The summed E-state index contributed by atoms with van der Waals surface area (Å²) < 4.78 is 5.15. The number of piperazine rings is 1. The number of nitrogens with zero attached hydrogens (tertiary/aromatic N) is 2. The van der Waals surface area contributed by atoms with Gasteiger partial charge in [-0.05, 0) is 0 Å². The predicted molar refractivity (Wildman–Crippen MR) is 69.7 cm³/mol. The Morgan fingerprint density at radius 2 is 1.79 bits per heavy atom. The van der Waals surface area contributed by atoms with Crippen LogP contribution in [-0.2, 0) is 14.3 Å². The molecule has 2 amide bonds. The lowest BCUT2D eigenvalue weighted by atomic mass is 10.3. The molecule has 0 aromatic heterocycles. The molecular formula is C12H22N4O3. The van der Waals surface area contributed by atoms with E-state index in [-0.39, 0.29) is 0 Å². The van der Waals surface area contributed by atoms with E-state index in [2.05, 4.69) is 15.5 Å². The first-order valence-corrected chi connectivity index (χ1v) is 6.85. The van der Waals surface area contributed by atoms with Gasteiger partial charge < -0.3 is 20.3 Å². The van der Waals surface area contributed by atoms with Gasteiger partial charge in [-0.2, -0.15) is 0 Å². The van der Waals surface area contributed by atoms with E-state index < -0.39 is 11.8 Å². The molecule has 0 bridgehead atoms. The van der Waals surface area contributed by atoms with Crippen molar-refractivity contribution < 1.29 is 14.3 Å². The Labute approximate surface area is 113 Å². The molecule has 7 nitrogen and oxygen atoms in total. The maximum atomic E-state index is 11.8. The summed E-state index contributed by atoms with van der Waals surface area (Å²) in [6.07, 6.45) is 0. The highest BCUT2D eigenvalue weighted by molar-refractivity contribution is 6.35. The zero-order valence-electron chi connectivity index (χ0n) is 11.2. The molecular weight excluding hydrogens is 248 g/mol. The maximum Gasteiger partial charge on any atom is 0.312 e. The lowest BCUT2D eigenvalue weighted by molar-refractivity contribution is -0.148. The summed E-state index contributed by atoms with van der Waals surface area (Å²) in [4.78, 5) is 27.3. The van der Waals surface area contributed by atoms with E-state index in [0.29, 0.717) is 32.8 Å². The number of carbonyl (C=O) groups excluding carboxylic acids is 2. The Kier molecular flexibility index (Phi) is 5.56. The van der Waals surface area contributed by atoms with Gasteiger partial charge >= 0.3 is 11.8 Å². The van der Waals surface area contributed by atoms with Crippen LogP contribution in [0.4, 0.5) is 0 Å². The lowest BCUT2D eigenvalue weighted by Crippen LogP contribution is -2.50. The molecule has 0 saturated carbocycles. The van der Waals surface area contributed by atoms with Gasteiger partial charge in [-0.1, -0.05) is 0 Å². The smallest absolute Gasteiger partial charge is 0.312 e. The second-order valence-corrected chi connectivity index (χ2v) is 4.75. The minimum absolute atomic E-state index is 0.441. The van der Waals surface area contributed by atoms with E-state index in [1.54, 1.807) is 4.90 Å². The van der Waals surface area contributed by atoms with Crippen LogP contribution in [0.2, 0.25) is 0 Å². The normalized spacial score (nSPS) is 21.2. The molecule has 0 spiro atoms. The number of rotatable bonds is 3. The van der Waals surface area contributed by atoms with Crippen LogP contribution in [-0.4, -0.2) is 87.2 Å². The fraction of sp³-hybridized carbons (Fsp3) is 0.833. The first kappa shape index (κ1) is 14.2. The summed E-state index contributed by atoms with van der Waals surface area (Å²) in [5.41, 5.74) is 0. The number of amides is 2. The third-order valence-corrected chi connectivity index (χ3v) is 3.42. The minimum Gasteiger partial charge on any atom is -0.378 e. The highest BCUT2D eigenvalue weighted by Gasteiger charge is 2.23. The lowest BCUT2D eigenvalue weighted by Gasteiger charge is -2.28. The average Bonchev–Trinajstić information content (AvgIpc) is 2.48. The molecule has 2 heterocycles. The van der Waals surface area contributed by atoms with E-state index in [1.807, 2.05) is 0 Å². The molecule has 19 heavy (non-hydrogen) atoms. The molecule has 2 N–H and O–H groups in total. The fourth-order valence-electron chi connectivity index (χ4n) is 2.25. The van der Waals surface area contributed by atoms with Crippen molar-refractivity contribution in [3.63, 3.8) is 0 Å². The van der Waals surface area contributed by atoms with Crippen LogP contribution in [0.3, 0.4) is 0 Å². The number of hydrogen-bond acceptors (Lipinski definition) is 5. The molecule has 0 radical (unpaired) electrons. The van der Waals surface area contributed by atoms with Gasteiger partial charge in [0.15, 0.2) is 0 Å². The molecule has 2 aliphatic heterocycles. The number of ether oxygens (including phenoxy) is 1. The van der Waals surface area contributed by atoms with Gasteiger partial charge in [-0.15, -0.1) is 0 Å². The van der Waals surface area contributed by atoms with Crippen molar-refractivity contribution in [2.24, 2.45) is 0 Å². The number of hydrogen-bond donors (Lipinski definition) is 2. The minimum atomic E-state index is -0.503. The molecule has 0 atom stereocenters. The monoisotopic (exact) mass is 270 g/mol. The first-order valence-electron chi connectivity index (χ1n) is 6.85. The van der Waals surface area contributed by atoms with Crippen molar-refractivity contribution in [1.82, 2.24) is 20.4 Å². The number of carbonyl (C=O) groups is 2. The average molecular weight is 270 g/mol. The molecule has 0 aliphatic carbocycles. The molecule has 2 fully saturated rings. The summed E-state index contributed by atoms with van der Waals surface area (Å²) in [6.45, 7) is 7.31. The Hall–Kier alpha value is -1.18. The zero-order chi connectivity index (χ0) is 13.5. The quantitative estimate of drug-likeness (QED) is 0.573. The summed E-state index contributed by atoms with van der Waals surface area (Å²) >= 11 is 0. The highest BCUT2D eigenvalue weighted by Crippen LogP contribution is 1.97. The third-order valence-electron chi connectivity index (χ3n) is 3.42.